The van der Waals surface area contributed by atoms with Gasteiger partial charge in [0.05, 0.1) is 16.3 Å². The molecule has 0 aliphatic heterocycles. The Kier molecular flexibility index (Phi) is 7.17. The molecule has 0 aliphatic rings. The number of rotatable bonds is 8. The van der Waals surface area contributed by atoms with Gasteiger partial charge in [-0.2, -0.15) is 9.40 Å². The summed E-state index contributed by atoms with van der Waals surface area (Å²) < 4.78 is 29.4. The monoisotopic (exact) mass is 477 g/mol. The minimum Gasteiger partial charge on any atom is -0.309 e. The molecule has 170 valence electrons. The van der Waals surface area contributed by atoms with Crippen molar-refractivity contribution < 1.29 is 13.2 Å². The number of sulfonamides is 1. The van der Waals surface area contributed by atoms with Gasteiger partial charge in [-0.05, 0) is 31.2 Å². The van der Waals surface area contributed by atoms with Crippen LogP contribution in [-0.2, 0) is 21.4 Å². The van der Waals surface area contributed by atoms with Gasteiger partial charge in [-0.1, -0.05) is 31.5 Å². The average molecular weight is 478 g/mol. The van der Waals surface area contributed by atoms with E-state index in [0.717, 1.165) is 10.6 Å². The predicted octanol–water partition coefficient (Wildman–Crippen LogP) is 2.67. The summed E-state index contributed by atoms with van der Waals surface area (Å²) in [4.78, 5) is 24.9. The summed E-state index contributed by atoms with van der Waals surface area (Å²) in [5.41, 5.74) is 0.841. The minimum atomic E-state index is -3.76. The fourth-order valence-corrected chi connectivity index (χ4v) is 4.89. The van der Waals surface area contributed by atoms with Crippen molar-refractivity contribution in [2.45, 2.75) is 32.2 Å². The van der Waals surface area contributed by atoms with E-state index in [2.05, 4.69) is 10.4 Å². The Morgan fingerprint density at radius 3 is 2.53 bits per heavy atom. The molecule has 2 aromatic heterocycles. The van der Waals surface area contributed by atoms with Crippen molar-refractivity contribution in [3.05, 3.63) is 69.7 Å². The van der Waals surface area contributed by atoms with Crippen LogP contribution < -0.4 is 10.9 Å². The second kappa shape index (κ2) is 9.68. The minimum absolute atomic E-state index is 0.0478. The summed E-state index contributed by atoms with van der Waals surface area (Å²) in [6, 6.07) is 11.1. The summed E-state index contributed by atoms with van der Waals surface area (Å²) >= 11 is 6.06. The van der Waals surface area contributed by atoms with Crippen LogP contribution in [0, 0.1) is 6.92 Å². The van der Waals surface area contributed by atoms with Crippen LogP contribution in [0.2, 0.25) is 5.02 Å². The van der Waals surface area contributed by atoms with Crippen LogP contribution in [0.5, 0.6) is 0 Å². The second-order valence-electron chi connectivity index (χ2n) is 7.03. The molecule has 0 saturated carbocycles. The molecule has 0 bridgehead atoms. The van der Waals surface area contributed by atoms with E-state index in [1.165, 1.54) is 21.3 Å². The topological polar surface area (TPSA) is 106 Å². The Morgan fingerprint density at radius 2 is 1.88 bits per heavy atom. The Balaban J connectivity index is 1.86. The van der Waals surface area contributed by atoms with E-state index >= 15 is 0 Å². The molecule has 0 fully saturated rings. The molecule has 2 heterocycles. The van der Waals surface area contributed by atoms with Gasteiger partial charge in [0.1, 0.15) is 12.4 Å². The largest absolute Gasteiger partial charge is 0.309 e. The highest BCUT2D eigenvalue weighted by atomic mass is 35.5. The quantitative estimate of drug-likeness (QED) is 0.536. The Labute approximate surface area is 191 Å². The average Bonchev–Trinajstić information content (AvgIpc) is 3.10. The maximum absolute atomic E-state index is 12.8. The number of amides is 1. The molecule has 1 amide bonds. The van der Waals surface area contributed by atoms with Crippen molar-refractivity contribution in [1.29, 1.82) is 0 Å². The third-order valence-electron chi connectivity index (χ3n) is 4.77. The van der Waals surface area contributed by atoms with E-state index < -0.39 is 21.5 Å². The van der Waals surface area contributed by atoms with Gasteiger partial charge in [0.25, 0.3) is 5.56 Å². The molecule has 1 aromatic carbocycles. The molecule has 0 spiro atoms. The number of benzene rings is 1. The van der Waals surface area contributed by atoms with Crippen LogP contribution >= 0.6 is 11.6 Å². The highest BCUT2D eigenvalue weighted by Crippen LogP contribution is 2.20. The molecule has 0 unspecified atom stereocenters. The molecule has 0 aliphatic carbocycles. The maximum Gasteiger partial charge on any atom is 0.251 e. The highest BCUT2D eigenvalue weighted by Gasteiger charge is 2.22. The number of anilines is 1. The first-order chi connectivity index (χ1) is 15.1. The molecule has 3 aromatic rings. The number of aromatic nitrogens is 3. The Bertz CT molecular complexity index is 1300. The van der Waals surface area contributed by atoms with Crippen LogP contribution in [0.3, 0.4) is 0 Å². The summed E-state index contributed by atoms with van der Waals surface area (Å²) in [7, 11) is -3.76. The van der Waals surface area contributed by atoms with E-state index in [1.807, 2.05) is 0 Å². The van der Waals surface area contributed by atoms with Crippen LogP contribution in [0.15, 0.2) is 58.4 Å². The molecular weight excluding hydrogens is 454 g/mol. The number of carbonyl (C=O) groups is 1. The van der Waals surface area contributed by atoms with Crippen molar-refractivity contribution in [3.8, 4) is 5.69 Å². The van der Waals surface area contributed by atoms with Crippen molar-refractivity contribution >= 4 is 33.3 Å². The van der Waals surface area contributed by atoms with Gasteiger partial charge in [-0.25, -0.2) is 13.1 Å². The summed E-state index contributed by atoms with van der Waals surface area (Å²) in [5, 5.41) is 7.62. The molecule has 1 N–H and O–H groups in total. The second-order valence-corrected chi connectivity index (χ2v) is 9.41. The van der Waals surface area contributed by atoms with Crippen molar-refractivity contribution in [2.24, 2.45) is 0 Å². The lowest BCUT2D eigenvalue weighted by Gasteiger charge is -2.19. The summed E-state index contributed by atoms with van der Waals surface area (Å²) in [5.74, 6) is -0.109. The number of aryl methyl sites for hydroxylation is 1. The van der Waals surface area contributed by atoms with Crippen LogP contribution in [0.4, 0.5) is 5.82 Å². The lowest BCUT2D eigenvalue weighted by Crippen LogP contribution is -2.33. The van der Waals surface area contributed by atoms with Gasteiger partial charge >= 0.3 is 0 Å². The molecule has 11 heteroatoms. The fraction of sp³-hybridized carbons (Fsp3) is 0.286. The van der Waals surface area contributed by atoms with E-state index in [-0.39, 0.29) is 11.4 Å². The molecule has 9 nitrogen and oxygen atoms in total. The van der Waals surface area contributed by atoms with E-state index in [9.17, 15) is 18.0 Å². The smallest absolute Gasteiger partial charge is 0.251 e. The molecule has 32 heavy (non-hydrogen) atoms. The lowest BCUT2D eigenvalue weighted by molar-refractivity contribution is -0.116. The fourth-order valence-electron chi connectivity index (χ4n) is 3.23. The predicted molar refractivity (Wildman–Crippen MR) is 123 cm³/mol. The van der Waals surface area contributed by atoms with Gasteiger partial charge in [0.15, 0.2) is 0 Å². The van der Waals surface area contributed by atoms with E-state index in [0.29, 0.717) is 35.3 Å². The first-order valence-corrected chi connectivity index (χ1v) is 11.8. The van der Waals surface area contributed by atoms with Crippen LogP contribution in [0.25, 0.3) is 5.69 Å². The number of nitrogens with zero attached hydrogens (tertiary/aromatic N) is 4. The van der Waals surface area contributed by atoms with Crippen molar-refractivity contribution in [1.82, 2.24) is 18.7 Å². The van der Waals surface area contributed by atoms with Crippen molar-refractivity contribution in [2.75, 3.05) is 18.4 Å². The number of nitrogens with one attached hydrogen (secondary N) is 1. The zero-order chi connectivity index (χ0) is 23.5. The summed E-state index contributed by atoms with van der Waals surface area (Å²) in [6.07, 6.45) is 1.19. The van der Waals surface area contributed by atoms with Gasteiger partial charge < -0.3 is 9.88 Å². The normalized spacial score (nSPS) is 11.7. The Hall–Kier alpha value is -2.95. The molecule has 3 rings (SSSR count). The lowest BCUT2D eigenvalue weighted by atomic mass is 10.3. The van der Waals surface area contributed by atoms with Crippen molar-refractivity contribution in [3.63, 3.8) is 0 Å². The number of pyridine rings is 1. The van der Waals surface area contributed by atoms with Gasteiger partial charge in [-0.15, -0.1) is 0 Å². The standard InChI is InChI=1S/C21H24ClN5O4S/c1-4-26(5-2)32(30,31)18-9-10-21(29)25(13-18)14-20(28)23-19-11-15(3)24-27(19)17-8-6-7-16(22)12-17/h6-13H,4-5,14H2,1-3H3,(H,23,28). The number of carbonyl (C=O) groups excluding carboxylic acids is 1. The first kappa shape index (κ1) is 23.7. The molecule has 0 saturated heterocycles. The third-order valence-corrected chi connectivity index (χ3v) is 7.03. The zero-order valence-corrected chi connectivity index (χ0v) is 19.5. The first-order valence-electron chi connectivity index (χ1n) is 9.98. The highest BCUT2D eigenvalue weighted by molar-refractivity contribution is 7.89. The van der Waals surface area contributed by atoms with Crippen LogP contribution in [-0.4, -0.2) is 46.1 Å². The summed E-state index contributed by atoms with van der Waals surface area (Å²) in [6.45, 7) is 5.48. The van der Waals surface area contributed by atoms with E-state index in [1.54, 1.807) is 51.1 Å². The maximum atomic E-state index is 12.8. The van der Waals surface area contributed by atoms with Gasteiger partial charge in [0, 0.05) is 36.4 Å². The van der Waals surface area contributed by atoms with Gasteiger partial charge in [-0.3, -0.25) is 9.59 Å². The SMILES string of the molecule is CCN(CC)S(=O)(=O)c1ccc(=O)n(CC(=O)Nc2cc(C)nn2-c2cccc(Cl)c2)c1. The zero-order valence-electron chi connectivity index (χ0n) is 17.9. The molecule has 0 atom stereocenters. The van der Waals surface area contributed by atoms with Crippen LogP contribution in [0.1, 0.15) is 19.5 Å². The number of halogens is 1. The third kappa shape index (κ3) is 5.09. The number of hydrogen-bond acceptors (Lipinski definition) is 5. The number of hydrogen-bond donors (Lipinski definition) is 1. The molecular formula is C21H24ClN5O4S. The molecule has 0 radical (unpaired) electrons. The van der Waals surface area contributed by atoms with E-state index in [4.69, 9.17) is 11.6 Å². The Morgan fingerprint density at radius 1 is 1.16 bits per heavy atom. The van der Waals surface area contributed by atoms with Gasteiger partial charge in [0.2, 0.25) is 15.9 Å².